The van der Waals surface area contributed by atoms with E-state index in [0.29, 0.717) is 6.54 Å². The van der Waals surface area contributed by atoms with Gasteiger partial charge in [0.15, 0.2) is 0 Å². The molecule has 0 radical (unpaired) electrons. The molecule has 2 rings (SSSR count). The number of amides is 1. The minimum Gasteiger partial charge on any atom is -0.465 e. The Morgan fingerprint density at radius 2 is 1.74 bits per heavy atom. The van der Waals surface area contributed by atoms with Crippen LogP contribution in [-0.2, 0) is 15.9 Å². The van der Waals surface area contributed by atoms with Crippen LogP contribution < -0.4 is 4.78 Å². The highest BCUT2D eigenvalue weighted by Gasteiger charge is 2.52. The maximum Gasteiger partial charge on any atom is 0.505 e. The summed E-state index contributed by atoms with van der Waals surface area (Å²) in [5, 5.41) is 9.41. The number of nitrogens with zero attached hydrogens (tertiary/aromatic N) is 1. The van der Waals surface area contributed by atoms with Crippen LogP contribution in [0.15, 0.2) is 12.1 Å². The van der Waals surface area contributed by atoms with Crippen LogP contribution >= 0.6 is 11.3 Å². The van der Waals surface area contributed by atoms with Crippen LogP contribution in [0.5, 0.6) is 0 Å². The molecule has 0 bridgehead atoms. The maximum absolute atomic E-state index is 11.5. The molecule has 0 aliphatic carbocycles. The molecule has 0 spiro atoms. The largest absolute Gasteiger partial charge is 0.505 e. The van der Waals surface area contributed by atoms with Gasteiger partial charge in [-0.25, -0.2) is 4.79 Å². The molecule has 0 aromatic carbocycles. The van der Waals surface area contributed by atoms with Crippen molar-refractivity contribution in [2.24, 2.45) is 0 Å². The molecule has 1 saturated heterocycles. The Morgan fingerprint density at radius 1 is 1.22 bits per heavy atom. The molecule has 1 fully saturated rings. The number of hydrogen-bond donors (Lipinski definition) is 1. The monoisotopic (exact) mass is 339 g/mol. The van der Waals surface area contributed by atoms with Crippen LogP contribution in [0.1, 0.15) is 53.3 Å². The van der Waals surface area contributed by atoms with Crippen LogP contribution in [0, 0.1) is 0 Å². The molecule has 1 aromatic rings. The third-order valence-electron chi connectivity index (χ3n) is 4.52. The normalized spacial score (nSPS) is 19.9. The Balaban J connectivity index is 2.15. The lowest BCUT2D eigenvalue weighted by atomic mass is 9.88. The van der Waals surface area contributed by atoms with Gasteiger partial charge < -0.3 is 14.4 Å². The van der Waals surface area contributed by atoms with Crippen molar-refractivity contribution in [2.45, 2.75) is 71.8 Å². The van der Waals surface area contributed by atoms with E-state index in [1.807, 2.05) is 60.6 Å². The van der Waals surface area contributed by atoms with Crippen molar-refractivity contribution >= 4 is 29.3 Å². The summed E-state index contributed by atoms with van der Waals surface area (Å²) < 4.78 is 13.1. The summed E-state index contributed by atoms with van der Waals surface area (Å²) in [6, 6.07) is 3.91. The van der Waals surface area contributed by atoms with Gasteiger partial charge in [0.05, 0.1) is 17.7 Å². The third-order valence-corrected chi connectivity index (χ3v) is 5.61. The van der Waals surface area contributed by atoms with E-state index in [0.717, 1.165) is 9.65 Å². The average Bonchev–Trinajstić information content (AvgIpc) is 2.88. The smallest absolute Gasteiger partial charge is 0.465 e. The fourth-order valence-corrected chi connectivity index (χ4v) is 3.27. The Labute approximate surface area is 142 Å². The summed E-state index contributed by atoms with van der Waals surface area (Å²) in [5.74, 6) is 0. The van der Waals surface area contributed by atoms with E-state index in [-0.39, 0.29) is 11.2 Å². The molecule has 0 atom stereocenters. The second-order valence-corrected chi connectivity index (χ2v) is 9.13. The number of carbonyl (C=O) groups is 1. The highest BCUT2D eigenvalue weighted by Crippen LogP contribution is 2.37. The Hall–Kier alpha value is -1.05. The molecule has 1 aliphatic rings. The van der Waals surface area contributed by atoms with Gasteiger partial charge in [-0.3, -0.25) is 4.90 Å². The van der Waals surface area contributed by atoms with E-state index in [9.17, 15) is 9.90 Å². The highest BCUT2D eigenvalue weighted by molar-refractivity contribution is 7.22. The second kappa shape index (κ2) is 5.79. The zero-order valence-electron chi connectivity index (χ0n) is 15.0. The first-order valence-corrected chi connectivity index (χ1v) is 8.60. The van der Waals surface area contributed by atoms with E-state index >= 15 is 0 Å². The zero-order valence-corrected chi connectivity index (χ0v) is 15.8. The van der Waals surface area contributed by atoms with E-state index in [1.54, 1.807) is 0 Å². The molecular formula is C16H26BNO4S. The Morgan fingerprint density at radius 3 is 2.17 bits per heavy atom. The summed E-state index contributed by atoms with van der Waals surface area (Å²) in [6.45, 7) is 14.1. The third kappa shape index (κ3) is 3.73. The number of carboxylic acid groups (broad SMARTS) is 1. The topological polar surface area (TPSA) is 59.0 Å². The van der Waals surface area contributed by atoms with Crippen molar-refractivity contribution in [3.05, 3.63) is 17.0 Å². The van der Waals surface area contributed by atoms with E-state index in [2.05, 4.69) is 0 Å². The minimum atomic E-state index is -0.914. The van der Waals surface area contributed by atoms with Crippen LogP contribution in [0.2, 0.25) is 0 Å². The molecule has 1 aliphatic heterocycles. The van der Waals surface area contributed by atoms with Crippen molar-refractivity contribution in [1.29, 1.82) is 0 Å². The lowest BCUT2D eigenvalue weighted by Gasteiger charge is -2.32. The molecule has 1 aromatic heterocycles. The first kappa shape index (κ1) is 18.3. The standard InChI is InChI=1S/C16H26BNO4S/c1-14(2,3)18(13(19)20)10-11-8-9-12(23-11)17-21-15(4,5)16(6,7)22-17/h8-9H,10H2,1-7H3,(H,19,20). The summed E-state index contributed by atoms with van der Waals surface area (Å²) in [7, 11) is -0.397. The molecule has 7 heteroatoms. The lowest BCUT2D eigenvalue weighted by molar-refractivity contribution is 0.00578. The van der Waals surface area contributed by atoms with Crippen molar-refractivity contribution in [2.75, 3.05) is 0 Å². The predicted octanol–water partition coefficient (Wildman–Crippen LogP) is 3.33. The lowest BCUT2D eigenvalue weighted by Crippen LogP contribution is -2.44. The van der Waals surface area contributed by atoms with Gasteiger partial charge in [0.25, 0.3) is 0 Å². The van der Waals surface area contributed by atoms with Crippen molar-refractivity contribution in [3.63, 3.8) is 0 Å². The molecule has 128 valence electrons. The fraction of sp³-hybridized carbons (Fsp3) is 0.688. The van der Waals surface area contributed by atoms with Crippen LogP contribution in [0.3, 0.4) is 0 Å². The Bertz CT molecular complexity index is 575. The fourth-order valence-electron chi connectivity index (χ4n) is 2.31. The first-order chi connectivity index (χ1) is 10.3. The summed E-state index contributed by atoms with van der Waals surface area (Å²) >= 11 is 1.54. The maximum atomic E-state index is 11.5. The van der Waals surface area contributed by atoms with Gasteiger partial charge >= 0.3 is 13.2 Å². The molecule has 23 heavy (non-hydrogen) atoms. The minimum absolute atomic E-state index is 0.364. The summed E-state index contributed by atoms with van der Waals surface area (Å²) in [4.78, 5) is 13.9. The molecule has 0 unspecified atom stereocenters. The number of thiophene rings is 1. The highest BCUT2D eigenvalue weighted by atomic mass is 32.1. The van der Waals surface area contributed by atoms with E-state index in [4.69, 9.17) is 9.31 Å². The van der Waals surface area contributed by atoms with Gasteiger partial charge in [0.1, 0.15) is 0 Å². The SMILES string of the molecule is CC(C)(C)N(Cc1ccc(B2OC(C)(C)C(C)(C)O2)s1)C(=O)O. The quantitative estimate of drug-likeness (QED) is 0.858. The second-order valence-electron chi connectivity index (χ2n) is 7.93. The van der Waals surface area contributed by atoms with E-state index < -0.39 is 18.8 Å². The number of rotatable bonds is 3. The zero-order chi connectivity index (χ0) is 17.6. The van der Waals surface area contributed by atoms with Gasteiger partial charge in [-0.2, -0.15) is 0 Å². The van der Waals surface area contributed by atoms with Gasteiger partial charge in [0, 0.05) is 15.2 Å². The molecule has 1 amide bonds. The van der Waals surface area contributed by atoms with Crippen LogP contribution in [0.4, 0.5) is 4.79 Å². The van der Waals surface area contributed by atoms with Crippen molar-refractivity contribution in [1.82, 2.24) is 4.90 Å². The molecule has 0 saturated carbocycles. The van der Waals surface area contributed by atoms with Gasteiger partial charge in [-0.05, 0) is 54.5 Å². The Kier molecular flexibility index (Phi) is 4.61. The average molecular weight is 339 g/mol. The van der Waals surface area contributed by atoms with Crippen molar-refractivity contribution in [3.8, 4) is 0 Å². The van der Waals surface area contributed by atoms with Gasteiger partial charge in [-0.1, -0.05) is 6.07 Å². The first-order valence-electron chi connectivity index (χ1n) is 7.78. The number of hydrogen-bond acceptors (Lipinski definition) is 4. The van der Waals surface area contributed by atoms with Crippen LogP contribution in [0.25, 0.3) is 0 Å². The van der Waals surface area contributed by atoms with E-state index in [1.165, 1.54) is 16.2 Å². The van der Waals surface area contributed by atoms with Gasteiger partial charge in [0.2, 0.25) is 0 Å². The van der Waals surface area contributed by atoms with Crippen molar-refractivity contribution < 1.29 is 19.2 Å². The van der Waals surface area contributed by atoms with Gasteiger partial charge in [-0.15, -0.1) is 11.3 Å². The molecule has 2 heterocycles. The summed E-state index contributed by atoms with van der Waals surface area (Å²) in [6.07, 6.45) is -0.914. The molecule has 1 N–H and O–H groups in total. The predicted molar refractivity (Wildman–Crippen MR) is 93.4 cm³/mol. The van der Waals surface area contributed by atoms with Crippen LogP contribution in [-0.4, -0.2) is 40.0 Å². The summed E-state index contributed by atoms with van der Waals surface area (Å²) in [5.41, 5.74) is -1.19. The molecular weight excluding hydrogens is 313 g/mol. The molecule has 5 nitrogen and oxygen atoms in total.